The predicted octanol–water partition coefficient (Wildman–Crippen LogP) is 2.41. The Bertz CT molecular complexity index is 233. The van der Waals surface area contributed by atoms with Crippen molar-refractivity contribution in [2.45, 2.75) is 77.1 Å². The van der Waals surface area contributed by atoms with Gasteiger partial charge in [-0.05, 0) is 52.5 Å². The molecule has 2 aliphatic rings. The molecule has 2 aliphatic heterocycles. The molecular formula is C15H30N2O. The van der Waals surface area contributed by atoms with Gasteiger partial charge in [-0.3, -0.25) is 4.90 Å². The highest BCUT2D eigenvalue weighted by atomic mass is 16.5. The van der Waals surface area contributed by atoms with Crippen molar-refractivity contribution in [2.75, 3.05) is 19.7 Å². The summed E-state index contributed by atoms with van der Waals surface area (Å²) in [6.45, 7) is 9.74. The number of rotatable bonds is 7. The Morgan fingerprint density at radius 1 is 1.17 bits per heavy atom. The molecule has 3 nitrogen and oxygen atoms in total. The van der Waals surface area contributed by atoms with Crippen molar-refractivity contribution >= 4 is 0 Å². The summed E-state index contributed by atoms with van der Waals surface area (Å²) >= 11 is 0. The van der Waals surface area contributed by atoms with Crippen LogP contribution in [0, 0.1) is 0 Å². The average molecular weight is 254 g/mol. The second-order valence-electron chi connectivity index (χ2n) is 6.22. The molecule has 0 aromatic carbocycles. The van der Waals surface area contributed by atoms with E-state index >= 15 is 0 Å². The molecule has 106 valence electrons. The third kappa shape index (κ3) is 3.94. The van der Waals surface area contributed by atoms with Crippen LogP contribution in [0.15, 0.2) is 0 Å². The molecule has 0 aromatic heterocycles. The van der Waals surface area contributed by atoms with Crippen molar-refractivity contribution in [1.29, 1.82) is 0 Å². The van der Waals surface area contributed by atoms with Gasteiger partial charge >= 0.3 is 0 Å². The van der Waals surface area contributed by atoms with E-state index in [0.29, 0.717) is 6.10 Å². The molecule has 0 amide bonds. The second-order valence-corrected chi connectivity index (χ2v) is 6.22. The lowest BCUT2D eigenvalue weighted by Crippen LogP contribution is -2.49. The van der Waals surface area contributed by atoms with Crippen molar-refractivity contribution in [3.8, 4) is 0 Å². The van der Waals surface area contributed by atoms with E-state index in [1.54, 1.807) is 0 Å². The molecule has 2 heterocycles. The molecule has 0 spiro atoms. The first kappa shape index (κ1) is 14.3. The molecular weight excluding hydrogens is 224 g/mol. The van der Waals surface area contributed by atoms with Gasteiger partial charge in [-0.15, -0.1) is 0 Å². The minimum atomic E-state index is 0.359. The van der Waals surface area contributed by atoms with Gasteiger partial charge in [0, 0.05) is 24.7 Å². The Kier molecular flexibility index (Phi) is 5.46. The third-order valence-corrected chi connectivity index (χ3v) is 4.31. The number of ether oxygens (including phenoxy) is 1. The fraction of sp³-hybridized carbons (Fsp3) is 1.00. The second kappa shape index (κ2) is 6.88. The first-order valence-corrected chi connectivity index (χ1v) is 7.80. The summed E-state index contributed by atoms with van der Waals surface area (Å²) in [5.74, 6) is 0. The Morgan fingerprint density at radius 2 is 1.83 bits per heavy atom. The molecule has 18 heavy (non-hydrogen) atoms. The molecule has 2 fully saturated rings. The van der Waals surface area contributed by atoms with Crippen LogP contribution >= 0.6 is 0 Å². The SMILES string of the molecule is CCCN(CCOC(C)C)C1CC2CCC(C1)N2. The van der Waals surface area contributed by atoms with Crippen LogP contribution in [0.3, 0.4) is 0 Å². The molecule has 3 heteroatoms. The minimum Gasteiger partial charge on any atom is -0.377 e. The monoisotopic (exact) mass is 254 g/mol. The van der Waals surface area contributed by atoms with Gasteiger partial charge in [0.05, 0.1) is 12.7 Å². The van der Waals surface area contributed by atoms with Gasteiger partial charge in [-0.25, -0.2) is 0 Å². The zero-order valence-corrected chi connectivity index (χ0v) is 12.3. The third-order valence-electron chi connectivity index (χ3n) is 4.31. The lowest BCUT2D eigenvalue weighted by Gasteiger charge is -2.37. The largest absolute Gasteiger partial charge is 0.377 e. The fourth-order valence-corrected chi connectivity index (χ4v) is 3.50. The summed E-state index contributed by atoms with van der Waals surface area (Å²) in [6, 6.07) is 2.37. The molecule has 0 aromatic rings. The van der Waals surface area contributed by atoms with Crippen LogP contribution in [0.1, 0.15) is 52.9 Å². The number of nitrogens with one attached hydrogen (secondary N) is 1. The summed E-state index contributed by atoms with van der Waals surface area (Å²) in [5.41, 5.74) is 0. The molecule has 0 saturated carbocycles. The van der Waals surface area contributed by atoms with Crippen molar-refractivity contribution in [1.82, 2.24) is 10.2 Å². The zero-order valence-electron chi connectivity index (χ0n) is 12.3. The summed E-state index contributed by atoms with van der Waals surface area (Å²) in [6.07, 6.45) is 7.09. The van der Waals surface area contributed by atoms with Gasteiger partial charge < -0.3 is 10.1 Å². The summed E-state index contributed by atoms with van der Waals surface area (Å²) in [4.78, 5) is 2.68. The van der Waals surface area contributed by atoms with Crippen LogP contribution < -0.4 is 5.32 Å². The van der Waals surface area contributed by atoms with E-state index in [1.807, 2.05) is 0 Å². The van der Waals surface area contributed by atoms with E-state index in [0.717, 1.165) is 31.3 Å². The highest BCUT2D eigenvalue weighted by Crippen LogP contribution is 2.29. The fourth-order valence-electron chi connectivity index (χ4n) is 3.50. The molecule has 2 bridgehead atoms. The Morgan fingerprint density at radius 3 is 2.39 bits per heavy atom. The minimum absolute atomic E-state index is 0.359. The molecule has 0 radical (unpaired) electrons. The molecule has 2 atom stereocenters. The van der Waals surface area contributed by atoms with Crippen LogP contribution in [-0.2, 0) is 4.74 Å². The highest BCUT2D eigenvalue weighted by Gasteiger charge is 2.35. The van der Waals surface area contributed by atoms with Crippen molar-refractivity contribution in [3.63, 3.8) is 0 Å². The quantitative estimate of drug-likeness (QED) is 0.755. The molecule has 1 N–H and O–H groups in total. The smallest absolute Gasteiger partial charge is 0.0597 e. The van der Waals surface area contributed by atoms with Gasteiger partial charge in [0.15, 0.2) is 0 Å². The summed E-state index contributed by atoms with van der Waals surface area (Å²) in [7, 11) is 0. The zero-order chi connectivity index (χ0) is 13.0. The molecule has 2 rings (SSSR count). The van der Waals surface area contributed by atoms with E-state index in [4.69, 9.17) is 4.74 Å². The van der Waals surface area contributed by atoms with Gasteiger partial charge in [-0.2, -0.15) is 0 Å². The topological polar surface area (TPSA) is 24.5 Å². The standard InChI is InChI=1S/C15H30N2O/c1-4-7-17(8-9-18-12(2)3)15-10-13-5-6-14(11-15)16-13/h12-16H,4-11H2,1-3H3. The van der Waals surface area contributed by atoms with E-state index in [-0.39, 0.29) is 0 Å². The predicted molar refractivity (Wildman–Crippen MR) is 75.9 cm³/mol. The molecule has 0 aliphatic carbocycles. The molecule has 2 saturated heterocycles. The Balaban J connectivity index is 1.80. The van der Waals surface area contributed by atoms with Crippen molar-refractivity contribution < 1.29 is 4.74 Å². The van der Waals surface area contributed by atoms with Gasteiger partial charge in [0.1, 0.15) is 0 Å². The highest BCUT2D eigenvalue weighted by molar-refractivity contribution is 4.95. The van der Waals surface area contributed by atoms with E-state index in [2.05, 4.69) is 31.0 Å². The van der Waals surface area contributed by atoms with Crippen molar-refractivity contribution in [3.05, 3.63) is 0 Å². The van der Waals surface area contributed by atoms with E-state index in [9.17, 15) is 0 Å². The maximum Gasteiger partial charge on any atom is 0.0597 e. The first-order chi connectivity index (χ1) is 8.69. The maximum absolute atomic E-state index is 5.72. The van der Waals surface area contributed by atoms with Crippen molar-refractivity contribution in [2.24, 2.45) is 0 Å². The normalized spacial score (nSPS) is 31.5. The van der Waals surface area contributed by atoms with Gasteiger partial charge in [0.2, 0.25) is 0 Å². The number of hydrogen-bond acceptors (Lipinski definition) is 3. The van der Waals surface area contributed by atoms with E-state index in [1.165, 1.54) is 38.6 Å². The van der Waals surface area contributed by atoms with Crippen LogP contribution in [0.25, 0.3) is 0 Å². The van der Waals surface area contributed by atoms with Crippen LogP contribution in [-0.4, -0.2) is 48.8 Å². The lowest BCUT2D eigenvalue weighted by atomic mass is 9.98. The summed E-state index contributed by atoms with van der Waals surface area (Å²) < 4.78 is 5.72. The number of nitrogens with zero attached hydrogens (tertiary/aromatic N) is 1. The maximum atomic E-state index is 5.72. The number of hydrogen-bond donors (Lipinski definition) is 1. The van der Waals surface area contributed by atoms with Crippen LogP contribution in [0.4, 0.5) is 0 Å². The number of fused-ring (bicyclic) bond motifs is 2. The van der Waals surface area contributed by atoms with Crippen LogP contribution in [0.5, 0.6) is 0 Å². The van der Waals surface area contributed by atoms with Gasteiger partial charge in [-0.1, -0.05) is 6.92 Å². The lowest BCUT2D eigenvalue weighted by molar-refractivity contribution is 0.0408. The van der Waals surface area contributed by atoms with Gasteiger partial charge in [0.25, 0.3) is 0 Å². The number of piperidine rings is 1. The van der Waals surface area contributed by atoms with E-state index < -0.39 is 0 Å². The first-order valence-electron chi connectivity index (χ1n) is 7.80. The Hall–Kier alpha value is -0.120. The molecule has 2 unspecified atom stereocenters. The average Bonchev–Trinajstić information content (AvgIpc) is 2.67. The Labute approximate surface area is 112 Å². The van der Waals surface area contributed by atoms with Crippen LogP contribution in [0.2, 0.25) is 0 Å². The summed E-state index contributed by atoms with van der Waals surface area (Å²) in [5, 5.41) is 3.73.